The molecule has 2 amide bonds. The number of aryl methyl sites for hydroxylation is 1. The van der Waals surface area contributed by atoms with Gasteiger partial charge in [-0.2, -0.15) is 0 Å². The van der Waals surface area contributed by atoms with E-state index in [1.165, 1.54) is 15.3 Å². The second kappa shape index (κ2) is 8.61. The van der Waals surface area contributed by atoms with Crippen molar-refractivity contribution in [1.82, 2.24) is 10.2 Å². The van der Waals surface area contributed by atoms with E-state index in [-0.39, 0.29) is 17.4 Å². The van der Waals surface area contributed by atoms with Crippen LogP contribution >= 0.6 is 11.3 Å². The number of benzene rings is 1. The van der Waals surface area contributed by atoms with E-state index >= 15 is 0 Å². The number of carbonyl (C=O) groups excluding carboxylic acids is 2. The summed E-state index contributed by atoms with van der Waals surface area (Å²) in [5, 5.41) is 5.01. The van der Waals surface area contributed by atoms with Crippen molar-refractivity contribution in [3.8, 4) is 0 Å². The van der Waals surface area contributed by atoms with E-state index in [4.69, 9.17) is 0 Å². The van der Waals surface area contributed by atoms with E-state index in [0.717, 1.165) is 18.6 Å². The summed E-state index contributed by atoms with van der Waals surface area (Å²) in [6.45, 7) is 3.38. The van der Waals surface area contributed by atoms with Gasteiger partial charge in [-0.05, 0) is 48.4 Å². The van der Waals surface area contributed by atoms with E-state index < -0.39 is 17.5 Å². The van der Waals surface area contributed by atoms with Crippen LogP contribution in [0.1, 0.15) is 40.6 Å². The Kier molecular flexibility index (Phi) is 6.21. The molecule has 0 atom stereocenters. The molecule has 144 valence electrons. The van der Waals surface area contributed by atoms with Crippen LogP contribution in [0.4, 0.5) is 8.78 Å². The van der Waals surface area contributed by atoms with Gasteiger partial charge in [-0.25, -0.2) is 8.78 Å². The minimum atomic E-state index is -0.859. The van der Waals surface area contributed by atoms with E-state index in [2.05, 4.69) is 18.3 Å². The van der Waals surface area contributed by atoms with Gasteiger partial charge in [0.25, 0.3) is 5.91 Å². The highest BCUT2D eigenvalue weighted by atomic mass is 32.1. The first-order valence-electron chi connectivity index (χ1n) is 9.07. The molecule has 0 bridgehead atoms. The summed E-state index contributed by atoms with van der Waals surface area (Å²) in [6, 6.07) is 5.02. The lowest BCUT2D eigenvalue weighted by atomic mass is 9.95. The molecule has 1 saturated heterocycles. The lowest BCUT2D eigenvalue weighted by Gasteiger charge is -2.31. The zero-order valence-corrected chi connectivity index (χ0v) is 16.0. The van der Waals surface area contributed by atoms with Gasteiger partial charge >= 0.3 is 0 Å². The molecule has 3 rings (SSSR count). The summed E-state index contributed by atoms with van der Waals surface area (Å²) in [5.74, 6) is -2.20. The van der Waals surface area contributed by atoms with Gasteiger partial charge in [-0.1, -0.05) is 6.92 Å². The van der Waals surface area contributed by atoms with E-state index in [0.29, 0.717) is 38.5 Å². The van der Waals surface area contributed by atoms with Gasteiger partial charge in [0.2, 0.25) is 5.91 Å². The average Bonchev–Trinajstić information content (AvgIpc) is 3.13. The maximum atomic E-state index is 13.8. The number of thiophene rings is 1. The number of nitrogens with zero attached hydrogens (tertiary/aromatic N) is 1. The van der Waals surface area contributed by atoms with Crippen molar-refractivity contribution in [3.63, 3.8) is 0 Å². The maximum Gasteiger partial charge on any atom is 0.256 e. The first-order valence-corrected chi connectivity index (χ1v) is 9.94. The Hall–Kier alpha value is -2.28. The van der Waals surface area contributed by atoms with Gasteiger partial charge in [0.05, 0.1) is 12.1 Å². The lowest BCUT2D eigenvalue weighted by molar-refractivity contribution is -0.126. The molecule has 1 fully saturated rings. The molecule has 1 aliphatic rings. The van der Waals surface area contributed by atoms with Crippen LogP contribution in [-0.2, 0) is 17.8 Å². The number of carbonyl (C=O) groups is 2. The Bertz CT molecular complexity index is 829. The van der Waals surface area contributed by atoms with Gasteiger partial charge in [0.15, 0.2) is 0 Å². The monoisotopic (exact) mass is 392 g/mol. The van der Waals surface area contributed by atoms with Crippen molar-refractivity contribution in [2.24, 2.45) is 5.92 Å². The van der Waals surface area contributed by atoms with Crippen molar-refractivity contribution >= 4 is 23.2 Å². The quantitative estimate of drug-likeness (QED) is 0.842. The topological polar surface area (TPSA) is 49.4 Å². The van der Waals surface area contributed by atoms with Crippen LogP contribution in [-0.4, -0.2) is 29.8 Å². The fraction of sp³-hybridized carbons (Fsp3) is 0.400. The largest absolute Gasteiger partial charge is 0.351 e. The molecule has 1 aromatic carbocycles. The van der Waals surface area contributed by atoms with Crippen LogP contribution in [0.5, 0.6) is 0 Å². The van der Waals surface area contributed by atoms with Gasteiger partial charge in [0.1, 0.15) is 11.6 Å². The number of hydrogen-bond donors (Lipinski definition) is 1. The summed E-state index contributed by atoms with van der Waals surface area (Å²) >= 11 is 1.64. The number of halogens is 2. The Balaban J connectivity index is 1.52. The first-order chi connectivity index (χ1) is 13.0. The second-order valence-electron chi connectivity index (χ2n) is 6.63. The molecule has 0 aliphatic carbocycles. The highest BCUT2D eigenvalue weighted by Crippen LogP contribution is 2.22. The summed E-state index contributed by atoms with van der Waals surface area (Å²) in [5.41, 5.74) is 1.12. The summed E-state index contributed by atoms with van der Waals surface area (Å²) in [6.07, 6.45) is 2.01. The maximum absolute atomic E-state index is 13.8. The van der Waals surface area contributed by atoms with Crippen LogP contribution in [0.25, 0.3) is 0 Å². The zero-order valence-electron chi connectivity index (χ0n) is 15.1. The predicted molar refractivity (Wildman–Crippen MR) is 101 cm³/mol. The van der Waals surface area contributed by atoms with Crippen LogP contribution in [0, 0.1) is 17.6 Å². The molecule has 2 heterocycles. The third-order valence-corrected chi connectivity index (χ3v) is 5.92. The molecular weight excluding hydrogens is 370 g/mol. The summed E-state index contributed by atoms with van der Waals surface area (Å²) in [4.78, 5) is 27.5. The Morgan fingerprint density at radius 1 is 1.22 bits per heavy atom. The van der Waals surface area contributed by atoms with Crippen molar-refractivity contribution in [3.05, 3.63) is 57.3 Å². The SMILES string of the molecule is CCc1ccsc1CNC(=O)C1CCN(C(=O)c2ccc(F)cc2F)CC1. The molecule has 0 radical (unpaired) electrons. The minimum absolute atomic E-state index is 0.00878. The van der Waals surface area contributed by atoms with Crippen LogP contribution in [0.2, 0.25) is 0 Å². The smallest absolute Gasteiger partial charge is 0.256 e. The molecule has 0 unspecified atom stereocenters. The number of amides is 2. The molecule has 1 aromatic heterocycles. The molecule has 2 aromatic rings. The third kappa shape index (κ3) is 4.53. The Labute approximate surface area is 161 Å². The zero-order chi connectivity index (χ0) is 19.4. The lowest BCUT2D eigenvalue weighted by Crippen LogP contribution is -2.43. The highest BCUT2D eigenvalue weighted by molar-refractivity contribution is 7.10. The van der Waals surface area contributed by atoms with E-state index in [1.807, 2.05) is 5.38 Å². The highest BCUT2D eigenvalue weighted by Gasteiger charge is 2.28. The van der Waals surface area contributed by atoms with Crippen LogP contribution < -0.4 is 5.32 Å². The summed E-state index contributed by atoms with van der Waals surface area (Å²) in [7, 11) is 0. The number of nitrogens with one attached hydrogen (secondary N) is 1. The second-order valence-corrected chi connectivity index (χ2v) is 7.63. The Morgan fingerprint density at radius 3 is 2.63 bits per heavy atom. The molecule has 4 nitrogen and oxygen atoms in total. The van der Waals surface area contributed by atoms with Crippen molar-refractivity contribution < 1.29 is 18.4 Å². The van der Waals surface area contributed by atoms with Gasteiger partial charge in [-0.15, -0.1) is 11.3 Å². The van der Waals surface area contributed by atoms with Crippen LogP contribution in [0.15, 0.2) is 29.6 Å². The van der Waals surface area contributed by atoms with Gasteiger partial charge in [-0.3, -0.25) is 9.59 Å². The molecular formula is C20H22F2N2O2S. The predicted octanol–water partition coefficient (Wildman–Crippen LogP) is 3.76. The minimum Gasteiger partial charge on any atom is -0.351 e. The fourth-order valence-electron chi connectivity index (χ4n) is 3.33. The van der Waals surface area contributed by atoms with Gasteiger partial charge < -0.3 is 10.2 Å². The number of piperidine rings is 1. The first kappa shape index (κ1) is 19.5. The molecule has 7 heteroatoms. The molecule has 0 spiro atoms. The van der Waals surface area contributed by atoms with Gasteiger partial charge in [0, 0.05) is 30.0 Å². The van der Waals surface area contributed by atoms with Crippen molar-refractivity contribution in [2.45, 2.75) is 32.7 Å². The van der Waals surface area contributed by atoms with Crippen molar-refractivity contribution in [2.75, 3.05) is 13.1 Å². The number of hydrogen-bond acceptors (Lipinski definition) is 3. The number of rotatable bonds is 5. The summed E-state index contributed by atoms with van der Waals surface area (Å²) < 4.78 is 26.8. The normalized spacial score (nSPS) is 15.0. The molecule has 1 N–H and O–H groups in total. The standard InChI is InChI=1S/C20H22F2N2O2S/c1-2-13-7-10-27-18(13)12-23-19(25)14-5-8-24(9-6-14)20(26)16-4-3-15(21)11-17(16)22/h3-4,7,10-11,14H,2,5-6,8-9,12H2,1H3,(H,23,25). The average molecular weight is 392 g/mol. The molecule has 27 heavy (non-hydrogen) atoms. The van der Waals surface area contributed by atoms with E-state index in [1.54, 1.807) is 11.3 Å². The number of likely N-dealkylation sites (tertiary alicyclic amines) is 1. The van der Waals surface area contributed by atoms with E-state index in [9.17, 15) is 18.4 Å². The van der Waals surface area contributed by atoms with Crippen LogP contribution in [0.3, 0.4) is 0 Å². The fourth-order valence-corrected chi connectivity index (χ4v) is 4.24. The molecule has 0 saturated carbocycles. The third-order valence-electron chi connectivity index (χ3n) is 4.96. The molecule has 1 aliphatic heterocycles. The Morgan fingerprint density at radius 2 is 1.96 bits per heavy atom. The van der Waals surface area contributed by atoms with Crippen molar-refractivity contribution in [1.29, 1.82) is 0 Å².